The Kier molecular flexibility index (Phi) is 12.0. The molecule has 0 saturated heterocycles. The van der Waals surface area contributed by atoms with Gasteiger partial charge >= 0.3 is 0 Å². The molecule has 44 heavy (non-hydrogen) atoms. The van der Waals surface area contributed by atoms with Crippen molar-refractivity contribution in [3.05, 3.63) is 77.9 Å². The molecule has 238 valence electrons. The molecule has 0 aliphatic heterocycles. The van der Waals surface area contributed by atoms with E-state index in [9.17, 15) is 18.0 Å². The number of rotatable bonds is 15. The summed E-state index contributed by atoms with van der Waals surface area (Å²) in [5, 5.41) is 2.93. The van der Waals surface area contributed by atoms with Gasteiger partial charge in [0, 0.05) is 19.2 Å². The summed E-state index contributed by atoms with van der Waals surface area (Å²) in [6.07, 6.45) is 0.312. The maximum absolute atomic E-state index is 14.4. The summed E-state index contributed by atoms with van der Waals surface area (Å²) < 4.78 is 45.8. The number of hydrogen-bond donors (Lipinski definition) is 1. The highest BCUT2D eigenvalue weighted by Gasteiger charge is 2.35. The summed E-state index contributed by atoms with van der Waals surface area (Å²) in [5.74, 6) is 0.524. The second-order valence-electron chi connectivity index (χ2n) is 10.8. The van der Waals surface area contributed by atoms with Crippen LogP contribution in [0.25, 0.3) is 0 Å². The monoisotopic (exact) mass is 625 g/mol. The van der Waals surface area contributed by atoms with Crippen molar-refractivity contribution in [1.82, 2.24) is 10.2 Å². The predicted molar refractivity (Wildman–Crippen MR) is 171 cm³/mol. The van der Waals surface area contributed by atoms with Crippen molar-refractivity contribution in [2.45, 2.75) is 51.6 Å². The molecule has 3 rings (SSSR count). The number of aryl methyl sites for hydroxylation is 1. The van der Waals surface area contributed by atoms with Crippen molar-refractivity contribution < 1.29 is 32.2 Å². The van der Waals surface area contributed by atoms with Crippen LogP contribution in [0.4, 0.5) is 5.69 Å². The second kappa shape index (κ2) is 15.5. The van der Waals surface area contributed by atoms with E-state index in [0.717, 1.165) is 15.4 Å². The number of amides is 2. The van der Waals surface area contributed by atoms with E-state index >= 15 is 0 Å². The van der Waals surface area contributed by atoms with Crippen LogP contribution in [-0.2, 0) is 26.2 Å². The van der Waals surface area contributed by atoms with E-state index in [0.29, 0.717) is 24.5 Å². The lowest BCUT2D eigenvalue weighted by Gasteiger charge is -2.33. The van der Waals surface area contributed by atoms with Crippen LogP contribution in [0.3, 0.4) is 0 Å². The first-order valence-electron chi connectivity index (χ1n) is 14.5. The van der Waals surface area contributed by atoms with Gasteiger partial charge in [0.1, 0.15) is 29.8 Å². The molecular weight excluding hydrogens is 582 g/mol. The number of nitrogens with zero attached hydrogens (tertiary/aromatic N) is 2. The number of nitrogens with one attached hydrogen (secondary N) is 1. The molecule has 0 heterocycles. The highest BCUT2D eigenvalue weighted by molar-refractivity contribution is 7.92. The van der Waals surface area contributed by atoms with Gasteiger partial charge in [-0.25, -0.2) is 8.42 Å². The van der Waals surface area contributed by atoms with Gasteiger partial charge in [0.05, 0.1) is 31.9 Å². The molecule has 1 unspecified atom stereocenters. The zero-order chi connectivity index (χ0) is 32.4. The van der Waals surface area contributed by atoms with E-state index in [2.05, 4.69) is 5.32 Å². The minimum absolute atomic E-state index is 0.00170. The van der Waals surface area contributed by atoms with Crippen LogP contribution in [0.1, 0.15) is 38.3 Å². The molecule has 0 bridgehead atoms. The van der Waals surface area contributed by atoms with E-state index in [1.165, 1.54) is 37.3 Å². The van der Waals surface area contributed by atoms with Gasteiger partial charge in [-0.05, 0) is 61.2 Å². The van der Waals surface area contributed by atoms with Crippen molar-refractivity contribution in [3.63, 3.8) is 0 Å². The van der Waals surface area contributed by atoms with Crippen molar-refractivity contribution in [3.8, 4) is 17.2 Å². The van der Waals surface area contributed by atoms with Crippen LogP contribution in [0.5, 0.6) is 17.2 Å². The molecule has 1 atom stereocenters. The first-order valence-corrected chi connectivity index (χ1v) is 15.9. The van der Waals surface area contributed by atoms with Crippen LogP contribution >= 0.6 is 0 Å². The number of carbonyl (C=O) groups is 2. The Labute approximate surface area is 261 Å². The third-order valence-corrected chi connectivity index (χ3v) is 8.87. The Bertz CT molecular complexity index is 1520. The van der Waals surface area contributed by atoms with Crippen LogP contribution in [0.15, 0.2) is 71.6 Å². The predicted octanol–water partition coefficient (Wildman–Crippen LogP) is 4.80. The van der Waals surface area contributed by atoms with Gasteiger partial charge in [0.2, 0.25) is 11.8 Å². The average Bonchev–Trinajstić information content (AvgIpc) is 3.02. The Morgan fingerprint density at radius 1 is 0.886 bits per heavy atom. The highest BCUT2D eigenvalue weighted by atomic mass is 32.2. The quantitative estimate of drug-likeness (QED) is 0.258. The average molecular weight is 626 g/mol. The van der Waals surface area contributed by atoms with E-state index in [1.807, 2.05) is 33.8 Å². The molecule has 11 heteroatoms. The lowest BCUT2D eigenvalue weighted by molar-refractivity contribution is -0.140. The normalized spacial score (nSPS) is 11.9. The number of carbonyl (C=O) groups excluding carboxylic acids is 2. The van der Waals surface area contributed by atoms with Crippen molar-refractivity contribution in [2.24, 2.45) is 5.92 Å². The van der Waals surface area contributed by atoms with Crippen molar-refractivity contribution in [2.75, 3.05) is 38.7 Å². The smallest absolute Gasteiger partial charge is 0.264 e. The minimum atomic E-state index is -4.28. The molecule has 0 radical (unpaired) electrons. The summed E-state index contributed by atoms with van der Waals surface area (Å²) >= 11 is 0. The number of ether oxygens (including phenoxy) is 3. The summed E-state index contributed by atoms with van der Waals surface area (Å²) in [4.78, 5) is 29.2. The molecule has 3 aromatic carbocycles. The van der Waals surface area contributed by atoms with Crippen molar-refractivity contribution in [1.29, 1.82) is 0 Å². The molecule has 0 fully saturated rings. The molecule has 0 aliphatic carbocycles. The number of methoxy groups -OCH3 is 3. The molecule has 1 N–H and O–H groups in total. The van der Waals surface area contributed by atoms with E-state index in [-0.39, 0.29) is 34.7 Å². The summed E-state index contributed by atoms with van der Waals surface area (Å²) in [7, 11) is 0.149. The molecular formula is C33H43N3O7S. The zero-order valence-corrected chi connectivity index (χ0v) is 27.3. The van der Waals surface area contributed by atoms with Crippen LogP contribution in [-0.4, -0.2) is 65.6 Å². The number of hydrogen-bond acceptors (Lipinski definition) is 7. The maximum atomic E-state index is 14.4. The SMILES string of the molecule is CCC(C(=O)NCC(C)C)N(Cc1cccc(OC)c1)C(=O)CN(c1cc(OC)ccc1OC)S(=O)(=O)c1ccc(C)cc1. The maximum Gasteiger partial charge on any atom is 0.264 e. The van der Waals surface area contributed by atoms with E-state index in [4.69, 9.17) is 14.2 Å². The molecule has 0 saturated carbocycles. The summed E-state index contributed by atoms with van der Waals surface area (Å²) in [6, 6.07) is 17.4. The van der Waals surface area contributed by atoms with Crippen molar-refractivity contribution >= 4 is 27.5 Å². The highest BCUT2D eigenvalue weighted by Crippen LogP contribution is 2.36. The topological polar surface area (TPSA) is 114 Å². The molecule has 0 aromatic heterocycles. The fourth-order valence-electron chi connectivity index (χ4n) is 4.65. The van der Waals surface area contributed by atoms with Gasteiger partial charge in [-0.2, -0.15) is 0 Å². The van der Waals surface area contributed by atoms with E-state index < -0.39 is 28.5 Å². The third kappa shape index (κ3) is 8.43. The lowest BCUT2D eigenvalue weighted by atomic mass is 10.1. The van der Waals surface area contributed by atoms with E-state index in [1.54, 1.807) is 49.6 Å². The van der Waals surface area contributed by atoms with Gasteiger partial charge in [-0.3, -0.25) is 13.9 Å². The molecule has 10 nitrogen and oxygen atoms in total. The summed E-state index contributed by atoms with van der Waals surface area (Å²) in [6.45, 7) is 7.53. The summed E-state index contributed by atoms with van der Waals surface area (Å²) in [5.41, 5.74) is 1.73. The molecule has 0 aliphatic rings. The number of anilines is 1. The first kappa shape index (κ1) is 34.2. The fourth-order valence-corrected chi connectivity index (χ4v) is 6.07. The zero-order valence-electron chi connectivity index (χ0n) is 26.5. The van der Waals surface area contributed by atoms with Gasteiger partial charge in [-0.1, -0.05) is 50.6 Å². The van der Waals surface area contributed by atoms with Crippen LogP contribution < -0.4 is 23.8 Å². The second-order valence-corrected chi connectivity index (χ2v) is 12.7. The van der Waals surface area contributed by atoms with Crippen LogP contribution in [0.2, 0.25) is 0 Å². The third-order valence-electron chi connectivity index (χ3n) is 7.10. The Morgan fingerprint density at radius 3 is 2.14 bits per heavy atom. The van der Waals surface area contributed by atoms with Crippen LogP contribution in [0, 0.1) is 12.8 Å². The fraction of sp³-hybridized carbons (Fsp3) is 0.394. The van der Waals surface area contributed by atoms with Gasteiger partial charge in [0.15, 0.2) is 0 Å². The number of benzene rings is 3. The molecule has 2 amide bonds. The number of sulfonamides is 1. The minimum Gasteiger partial charge on any atom is -0.497 e. The standard InChI is InChI=1S/C33H43N3O7S/c1-8-29(33(38)34-20-23(2)3)35(21-25-10-9-11-26(18-25)41-5)32(37)22-36(30-19-27(42-6)14-17-31(30)43-7)44(39,40)28-15-12-24(4)13-16-28/h9-19,23,29H,8,20-22H2,1-7H3,(H,34,38). The van der Waals surface area contributed by atoms with Gasteiger partial charge in [0.25, 0.3) is 10.0 Å². The van der Waals surface area contributed by atoms with Gasteiger partial charge in [-0.15, -0.1) is 0 Å². The Hall–Kier alpha value is -4.25. The lowest BCUT2D eigenvalue weighted by Crippen LogP contribution is -2.52. The first-order chi connectivity index (χ1) is 20.9. The Balaban J connectivity index is 2.15. The Morgan fingerprint density at radius 2 is 1.55 bits per heavy atom. The molecule has 3 aromatic rings. The largest absolute Gasteiger partial charge is 0.497 e. The van der Waals surface area contributed by atoms with Gasteiger partial charge < -0.3 is 24.4 Å². The molecule has 0 spiro atoms.